The van der Waals surface area contributed by atoms with Gasteiger partial charge in [0, 0.05) is 24.3 Å². The van der Waals surface area contributed by atoms with Crippen molar-refractivity contribution in [2.45, 2.75) is 38.5 Å². The fourth-order valence-electron chi connectivity index (χ4n) is 3.13. The highest BCUT2D eigenvalue weighted by Crippen LogP contribution is 2.33. The number of H-pyrrole nitrogens is 1. The third-order valence-electron chi connectivity index (χ3n) is 4.17. The van der Waals surface area contributed by atoms with E-state index >= 15 is 0 Å². The van der Waals surface area contributed by atoms with E-state index in [1.54, 1.807) is 6.07 Å². The van der Waals surface area contributed by atoms with Gasteiger partial charge in [-0.1, -0.05) is 19.1 Å². The predicted molar refractivity (Wildman–Crippen MR) is 84.4 cm³/mol. The van der Waals surface area contributed by atoms with Crippen LogP contribution in [0.1, 0.15) is 36.5 Å². The number of β-amino-alcohol motifs (C(OH)–C–C–N with tert-alkyl or cyclic N) is 1. The first-order valence-electron chi connectivity index (χ1n) is 7.82. The standard InChI is InChI=1S/C17H20FN3O2/c1-2-13-7-17(23)20-16(19-13)10-21-9-14(22)8-15(21)11-4-3-5-12(18)6-11/h3-7,14-15,22H,2,8-10H2,1H3,(H,19,20,23)/t14-,15-/m0/s1. The monoisotopic (exact) mass is 317 g/mol. The Morgan fingerprint density at radius 2 is 2.26 bits per heavy atom. The highest BCUT2D eigenvalue weighted by Gasteiger charge is 2.32. The zero-order valence-electron chi connectivity index (χ0n) is 13.0. The Balaban J connectivity index is 1.85. The summed E-state index contributed by atoms with van der Waals surface area (Å²) in [6, 6.07) is 7.84. The lowest BCUT2D eigenvalue weighted by molar-refractivity contribution is 0.171. The number of aliphatic hydroxyl groups excluding tert-OH is 1. The molecule has 2 heterocycles. The zero-order valence-corrected chi connectivity index (χ0v) is 13.0. The lowest BCUT2D eigenvalue weighted by Gasteiger charge is -2.24. The Kier molecular flexibility index (Phi) is 4.54. The number of hydrogen-bond donors (Lipinski definition) is 2. The minimum absolute atomic E-state index is 0.0868. The number of hydrogen-bond acceptors (Lipinski definition) is 4. The van der Waals surface area contributed by atoms with Gasteiger partial charge in [0.05, 0.1) is 12.6 Å². The van der Waals surface area contributed by atoms with Crippen LogP contribution in [0.3, 0.4) is 0 Å². The average molecular weight is 317 g/mol. The van der Waals surface area contributed by atoms with Crippen molar-refractivity contribution >= 4 is 0 Å². The fraction of sp³-hybridized carbons (Fsp3) is 0.412. The van der Waals surface area contributed by atoms with Crippen molar-refractivity contribution in [2.75, 3.05) is 6.54 Å². The summed E-state index contributed by atoms with van der Waals surface area (Å²) in [5.41, 5.74) is 1.40. The van der Waals surface area contributed by atoms with Crippen molar-refractivity contribution in [2.24, 2.45) is 0 Å². The molecule has 0 unspecified atom stereocenters. The van der Waals surface area contributed by atoms with Crippen LogP contribution in [0.2, 0.25) is 0 Å². The van der Waals surface area contributed by atoms with Crippen LogP contribution in [0.15, 0.2) is 35.1 Å². The Bertz CT molecular complexity index is 747. The molecule has 5 nitrogen and oxygen atoms in total. The summed E-state index contributed by atoms with van der Waals surface area (Å²) in [6.45, 7) is 2.84. The largest absolute Gasteiger partial charge is 0.392 e. The molecule has 0 bridgehead atoms. The molecule has 23 heavy (non-hydrogen) atoms. The van der Waals surface area contributed by atoms with Crippen LogP contribution >= 0.6 is 0 Å². The van der Waals surface area contributed by atoms with E-state index in [4.69, 9.17) is 0 Å². The molecule has 2 atom stereocenters. The molecule has 3 rings (SSSR count). The Labute approximate surface area is 133 Å². The maximum absolute atomic E-state index is 13.5. The fourth-order valence-corrected chi connectivity index (χ4v) is 3.13. The lowest BCUT2D eigenvalue weighted by Crippen LogP contribution is -2.27. The zero-order chi connectivity index (χ0) is 16.4. The molecule has 122 valence electrons. The van der Waals surface area contributed by atoms with Crippen LogP contribution in [0.5, 0.6) is 0 Å². The normalized spacial score (nSPS) is 21.7. The van der Waals surface area contributed by atoms with Crippen LogP contribution in [0.25, 0.3) is 0 Å². The molecule has 1 saturated heterocycles. The minimum atomic E-state index is -0.468. The summed E-state index contributed by atoms with van der Waals surface area (Å²) in [5.74, 6) is 0.285. The summed E-state index contributed by atoms with van der Waals surface area (Å²) in [6.07, 6.45) is 0.762. The number of likely N-dealkylation sites (tertiary alicyclic amines) is 1. The predicted octanol–water partition coefficient (Wildman–Crippen LogP) is 1.78. The van der Waals surface area contributed by atoms with Crippen LogP contribution in [0.4, 0.5) is 4.39 Å². The topological polar surface area (TPSA) is 69.2 Å². The van der Waals surface area contributed by atoms with Crippen molar-refractivity contribution < 1.29 is 9.50 Å². The van der Waals surface area contributed by atoms with Gasteiger partial charge in [0.2, 0.25) is 0 Å². The van der Waals surface area contributed by atoms with Gasteiger partial charge in [-0.25, -0.2) is 9.37 Å². The SMILES string of the molecule is CCc1cc(=O)[nH]c(CN2C[C@@H](O)C[C@H]2c2cccc(F)c2)n1. The Morgan fingerprint density at radius 1 is 1.43 bits per heavy atom. The number of aromatic nitrogens is 2. The van der Waals surface area contributed by atoms with Crippen molar-refractivity contribution in [3.63, 3.8) is 0 Å². The van der Waals surface area contributed by atoms with E-state index in [1.165, 1.54) is 18.2 Å². The molecule has 2 N–H and O–H groups in total. The lowest BCUT2D eigenvalue weighted by atomic mass is 10.0. The maximum Gasteiger partial charge on any atom is 0.251 e. The molecule has 1 aromatic heterocycles. The Morgan fingerprint density at radius 3 is 3.00 bits per heavy atom. The summed E-state index contributed by atoms with van der Waals surface area (Å²) in [4.78, 5) is 20.9. The first-order valence-corrected chi connectivity index (χ1v) is 7.82. The number of benzene rings is 1. The van der Waals surface area contributed by atoms with Crippen molar-refractivity contribution in [1.29, 1.82) is 0 Å². The summed E-state index contributed by atoms with van der Waals surface area (Å²) in [7, 11) is 0. The number of nitrogens with one attached hydrogen (secondary N) is 1. The number of aromatic amines is 1. The second-order valence-electron chi connectivity index (χ2n) is 5.93. The molecule has 0 amide bonds. The van der Waals surface area contributed by atoms with E-state index in [2.05, 4.69) is 9.97 Å². The van der Waals surface area contributed by atoms with Gasteiger partial charge >= 0.3 is 0 Å². The molecule has 6 heteroatoms. The van der Waals surface area contributed by atoms with E-state index in [-0.39, 0.29) is 17.4 Å². The van der Waals surface area contributed by atoms with Gasteiger partial charge in [-0.3, -0.25) is 9.69 Å². The summed E-state index contributed by atoms with van der Waals surface area (Å²) in [5, 5.41) is 10.0. The van der Waals surface area contributed by atoms with Crippen LogP contribution < -0.4 is 5.56 Å². The smallest absolute Gasteiger partial charge is 0.251 e. The van der Waals surface area contributed by atoms with Gasteiger partial charge in [0.15, 0.2) is 0 Å². The van der Waals surface area contributed by atoms with Crippen molar-refractivity contribution in [1.82, 2.24) is 14.9 Å². The third kappa shape index (κ3) is 3.65. The van der Waals surface area contributed by atoms with Crippen molar-refractivity contribution in [3.8, 4) is 0 Å². The quantitative estimate of drug-likeness (QED) is 0.902. The molecule has 1 aliphatic rings. The number of nitrogens with zero attached hydrogens (tertiary/aromatic N) is 2. The van der Waals surface area contributed by atoms with E-state index in [1.807, 2.05) is 17.9 Å². The highest BCUT2D eigenvalue weighted by atomic mass is 19.1. The Hall–Kier alpha value is -2.05. The van der Waals surface area contributed by atoms with Crippen molar-refractivity contribution in [3.05, 3.63) is 63.6 Å². The molecular formula is C17H20FN3O2. The molecule has 0 aliphatic carbocycles. The van der Waals surface area contributed by atoms with Gasteiger partial charge < -0.3 is 10.1 Å². The van der Waals surface area contributed by atoms with Crippen LogP contribution in [-0.2, 0) is 13.0 Å². The number of aryl methyl sites for hydroxylation is 1. The van der Waals surface area contributed by atoms with Crippen LogP contribution in [-0.4, -0.2) is 32.6 Å². The van der Waals surface area contributed by atoms with Gasteiger partial charge in [-0.15, -0.1) is 0 Å². The average Bonchev–Trinajstić information content (AvgIpc) is 2.87. The molecular weight excluding hydrogens is 297 g/mol. The van der Waals surface area contributed by atoms with E-state index in [0.717, 1.165) is 11.3 Å². The third-order valence-corrected chi connectivity index (χ3v) is 4.17. The van der Waals surface area contributed by atoms with E-state index in [0.29, 0.717) is 31.8 Å². The number of aliphatic hydroxyl groups is 1. The molecule has 2 aromatic rings. The van der Waals surface area contributed by atoms with Gasteiger partial charge in [0.1, 0.15) is 11.6 Å². The highest BCUT2D eigenvalue weighted by molar-refractivity contribution is 5.22. The molecule has 0 spiro atoms. The van der Waals surface area contributed by atoms with E-state index < -0.39 is 6.10 Å². The molecule has 0 radical (unpaired) electrons. The number of rotatable bonds is 4. The first kappa shape index (κ1) is 15.8. The molecule has 1 fully saturated rings. The second kappa shape index (κ2) is 6.60. The minimum Gasteiger partial charge on any atom is -0.392 e. The van der Waals surface area contributed by atoms with Gasteiger partial charge in [-0.2, -0.15) is 0 Å². The first-order chi connectivity index (χ1) is 11.0. The van der Waals surface area contributed by atoms with E-state index in [9.17, 15) is 14.3 Å². The second-order valence-corrected chi connectivity index (χ2v) is 5.93. The molecule has 1 aromatic carbocycles. The maximum atomic E-state index is 13.5. The van der Waals surface area contributed by atoms with Gasteiger partial charge in [0.25, 0.3) is 5.56 Å². The van der Waals surface area contributed by atoms with Crippen LogP contribution in [0, 0.1) is 5.82 Å². The number of halogens is 1. The molecule has 0 saturated carbocycles. The summed E-state index contributed by atoms with van der Waals surface area (Å²) >= 11 is 0. The summed E-state index contributed by atoms with van der Waals surface area (Å²) < 4.78 is 13.5. The van der Waals surface area contributed by atoms with Gasteiger partial charge in [-0.05, 0) is 30.5 Å². The molecule has 1 aliphatic heterocycles.